The maximum absolute atomic E-state index is 12.3. The van der Waals surface area contributed by atoms with Crippen LogP contribution in [0.1, 0.15) is 90.2 Å². The molecule has 2 aromatic rings. The third kappa shape index (κ3) is 28.8. The van der Waals surface area contributed by atoms with Crippen LogP contribution in [0.4, 0.5) is 21.0 Å². The van der Waals surface area contributed by atoms with Crippen LogP contribution in [-0.4, -0.2) is 144 Å². The monoisotopic (exact) mass is 1040 g/mol. The normalized spacial score (nSPS) is 17.7. The van der Waals surface area contributed by atoms with Gasteiger partial charge >= 0.3 is 41.7 Å². The molecule has 4 fully saturated rings. The fourth-order valence-electron chi connectivity index (χ4n) is 7.13. The summed E-state index contributed by atoms with van der Waals surface area (Å²) >= 11 is 6.08. The van der Waals surface area contributed by atoms with E-state index in [1.165, 1.54) is 88.8 Å². The first kappa shape index (κ1) is 68.2. The Morgan fingerprint density at radius 3 is 1.57 bits per heavy atom. The van der Waals surface area contributed by atoms with Crippen molar-refractivity contribution in [2.75, 3.05) is 58.9 Å². The molecule has 70 heavy (non-hydrogen) atoms. The van der Waals surface area contributed by atoms with Crippen LogP contribution < -0.4 is 34.9 Å². The number of thioether (sulfide) groups is 1. The Balaban J connectivity index is 0. The Hall–Kier alpha value is -3.90. The van der Waals surface area contributed by atoms with E-state index in [0.29, 0.717) is 47.9 Å². The molecule has 4 heterocycles. The van der Waals surface area contributed by atoms with Gasteiger partial charge in [-0.05, 0) is 106 Å². The molecule has 0 saturated carbocycles. The first-order chi connectivity index (χ1) is 31.9. The number of Topliss-reactive ketones (excluding diaryl/α,β-unsaturated/α-hetero) is 2. The number of rotatable bonds is 11. The number of piperidine rings is 4. The number of nitro benzene ring substituents is 2. The number of amides is 2. The number of nitrogens with zero attached hydrogens (tertiary/aromatic N) is 5. The van der Waals surface area contributed by atoms with Crippen LogP contribution in [0.3, 0.4) is 0 Å². The summed E-state index contributed by atoms with van der Waals surface area (Å²) in [7, 11) is 0. The van der Waals surface area contributed by atoms with Crippen LogP contribution >= 0.6 is 36.8 Å². The Kier molecular flexibility index (Phi) is 37.7. The van der Waals surface area contributed by atoms with E-state index >= 15 is 0 Å². The van der Waals surface area contributed by atoms with E-state index in [1.54, 1.807) is 41.0 Å². The number of likely N-dealkylation sites (tertiary alicyclic amines) is 3. The minimum atomic E-state index is -0.479. The molecule has 2 amide bonds. The molecule has 2 atom stereocenters. The number of hydrogen-bond donors (Lipinski definition) is 2. The van der Waals surface area contributed by atoms with Gasteiger partial charge in [-0.15, -0.1) is 12.4 Å². The second-order valence-electron chi connectivity index (χ2n) is 16.3. The zero-order valence-electron chi connectivity index (χ0n) is 40.8. The number of aldehydes is 1. The van der Waals surface area contributed by atoms with Gasteiger partial charge in [0.25, 0.3) is 11.4 Å². The van der Waals surface area contributed by atoms with Gasteiger partial charge in [-0.3, -0.25) is 40.9 Å². The van der Waals surface area contributed by atoms with Crippen LogP contribution in [0, 0.1) is 32.1 Å². The fourth-order valence-corrected chi connectivity index (χ4v) is 8.50. The van der Waals surface area contributed by atoms with Gasteiger partial charge in [0.05, 0.1) is 9.85 Å². The molecule has 4 aliphatic heterocycles. The van der Waals surface area contributed by atoms with E-state index in [2.05, 4.69) is 22.8 Å². The second kappa shape index (κ2) is 38.7. The first-order valence-electron chi connectivity index (χ1n) is 22.3. The molecule has 19 nitrogen and oxygen atoms in total. The van der Waals surface area contributed by atoms with Crippen molar-refractivity contribution < 1.29 is 82.4 Å². The van der Waals surface area contributed by atoms with Crippen LogP contribution in [0.5, 0.6) is 0 Å². The molecule has 4 aliphatic rings. The van der Waals surface area contributed by atoms with Gasteiger partial charge in [-0.25, -0.2) is 9.59 Å². The fraction of sp³-hybridized carbons (Fsp3) is 0.587. The molecule has 6 rings (SSSR count). The third-order valence-electron chi connectivity index (χ3n) is 11.0. The first-order valence-corrected chi connectivity index (χ1v) is 23.7. The maximum Gasteiger partial charge on any atom is 1.00 e. The molecule has 2 aromatic carbocycles. The van der Waals surface area contributed by atoms with Crippen molar-refractivity contribution in [2.45, 2.75) is 103 Å². The molecule has 1 N–H and O–H groups in total. The summed E-state index contributed by atoms with van der Waals surface area (Å²) in [6, 6.07) is 11.9. The van der Waals surface area contributed by atoms with Crippen molar-refractivity contribution in [1.29, 1.82) is 0 Å². The van der Waals surface area contributed by atoms with Gasteiger partial charge in [-0.1, -0.05) is 11.8 Å². The van der Waals surface area contributed by atoms with Gasteiger partial charge in [0.15, 0.2) is 16.7 Å². The number of halogens is 1. The quantitative estimate of drug-likeness (QED) is 0.0618. The molecule has 4 saturated heterocycles. The summed E-state index contributed by atoms with van der Waals surface area (Å²) in [4.78, 5) is 99.8. The zero-order valence-corrected chi connectivity index (χ0v) is 45.4. The van der Waals surface area contributed by atoms with E-state index < -0.39 is 15.9 Å². The Labute approximate surface area is 451 Å². The molecule has 381 valence electrons. The number of nitrogens with one attached hydrogen (secondary N) is 1. The summed E-state index contributed by atoms with van der Waals surface area (Å²) in [5.41, 5.74) is 1.47. The topological polar surface area (TPSA) is 246 Å². The van der Waals surface area contributed by atoms with Gasteiger partial charge in [-0.2, -0.15) is 19.6 Å². The molecule has 0 aliphatic carbocycles. The molecular formula is C46H66BClN6NaO13S2. The van der Waals surface area contributed by atoms with E-state index in [9.17, 15) is 49.0 Å². The van der Waals surface area contributed by atoms with Crippen molar-refractivity contribution in [1.82, 2.24) is 20.0 Å². The van der Waals surface area contributed by atoms with Gasteiger partial charge in [0.1, 0.15) is 19.5 Å². The number of carbonyl (C=O) groups is 6. The van der Waals surface area contributed by atoms with E-state index in [4.69, 9.17) is 14.3 Å². The summed E-state index contributed by atoms with van der Waals surface area (Å²) in [5.74, 6) is -0.101. The van der Waals surface area contributed by atoms with Crippen molar-refractivity contribution >= 4 is 98.0 Å². The molecule has 3 radical (unpaired) electrons. The number of ketones is 2. The molecule has 24 heteroatoms. The summed E-state index contributed by atoms with van der Waals surface area (Å²) < 4.78 is 10.5. The predicted octanol–water partition coefficient (Wildman–Crippen LogP) is 3.82. The van der Waals surface area contributed by atoms with Crippen LogP contribution in [0.15, 0.2) is 48.5 Å². The smallest absolute Gasteiger partial charge is 0.542 e. The minimum absolute atomic E-state index is 0. The zero-order chi connectivity index (χ0) is 49.7. The number of ether oxygens (including phenoxy) is 2. The van der Waals surface area contributed by atoms with Crippen LogP contribution in [0.2, 0.25) is 0 Å². The number of non-ortho nitro benzene ring substituents is 2. The SMILES string of the molecule is CC(=O)C(C)=O.CC(=O)S[C@@H]1CCCNC1.C[C-]=O.Cl.O=C(OCc1ccc([N+](=O)[O-])cc1)N1CCC(CN2CCC[C@@H](S)C2)CC1.O=CC1CCN(C(=O)OCc2ccc([N+](=O)[O-])cc2)CC1.[B].[Na+]. The summed E-state index contributed by atoms with van der Waals surface area (Å²) in [6.07, 6.45) is 9.87. The van der Waals surface area contributed by atoms with E-state index in [0.717, 1.165) is 70.5 Å². The second-order valence-corrected chi connectivity index (χ2v) is 18.5. The van der Waals surface area contributed by atoms with Crippen LogP contribution in [-0.2, 0) is 46.7 Å². The number of nitro groups is 2. The Bertz CT molecular complexity index is 1900. The Morgan fingerprint density at radius 1 is 0.771 bits per heavy atom. The Morgan fingerprint density at radius 2 is 1.21 bits per heavy atom. The molecule has 0 spiro atoms. The van der Waals surface area contributed by atoms with Crippen molar-refractivity contribution in [3.8, 4) is 0 Å². The average molecular weight is 1040 g/mol. The van der Waals surface area contributed by atoms with Gasteiger partial charge in [0, 0.05) is 116 Å². The molecule has 0 aromatic heterocycles. The van der Waals surface area contributed by atoms with Crippen LogP contribution in [0.25, 0.3) is 0 Å². The van der Waals surface area contributed by atoms with Gasteiger partial charge < -0.3 is 39.1 Å². The van der Waals surface area contributed by atoms with Crippen molar-refractivity contribution in [3.63, 3.8) is 0 Å². The number of hydrogen-bond acceptors (Lipinski definition) is 17. The molecular weight excluding hydrogens is 978 g/mol. The number of thiol groups is 1. The summed E-state index contributed by atoms with van der Waals surface area (Å²) in [5, 5.41) is 25.7. The maximum atomic E-state index is 12.3. The average Bonchev–Trinajstić information content (AvgIpc) is 3.31. The standard InChI is InChI=1S/C19H27N3O4S.C14H16N2O5.C7H13NOS.C4H6O2.C2H3O.B.ClH.Na/c23-19(26-14-16-3-5-17(6-4-16)22(24)25)21-10-7-15(8-11-21)12-20-9-1-2-18(27)13-20;17-9-11-5-7-15(8-6-11)14(18)21-10-12-1-3-13(4-2-12)16(19)20;1-6(9)10-7-3-2-4-8-5-7;1-3(5)4(2)6;1-2-3;;;/h3-6,15,18,27H,1-2,7-14H2;1-4,9,11H,5-8,10H2;7-8H,2-5H2,1H3;1-2H3;1H3;;1H;/q;;;;-1;;;+1/t18-;;7-;;;;;/m1.1...../s1. The number of benzene rings is 2. The van der Waals surface area contributed by atoms with E-state index in [-0.39, 0.29) is 104 Å². The van der Waals surface area contributed by atoms with Crippen molar-refractivity contribution in [2.24, 2.45) is 11.8 Å². The summed E-state index contributed by atoms with van der Waals surface area (Å²) in [6.45, 7) is 13.6. The minimum Gasteiger partial charge on any atom is -0.542 e. The van der Waals surface area contributed by atoms with Crippen molar-refractivity contribution in [3.05, 3.63) is 79.9 Å². The predicted molar refractivity (Wildman–Crippen MR) is 270 cm³/mol. The third-order valence-corrected chi connectivity index (χ3v) is 12.4. The molecule has 0 unspecified atom stereocenters. The molecule has 0 bridgehead atoms. The van der Waals surface area contributed by atoms with Gasteiger partial charge in [0.2, 0.25) is 0 Å². The number of carbonyl (C=O) groups excluding carboxylic acids is 7. The van der Waals surface area contributed by atoms with E-state index in [1.807, 2.05) is 0 Å². The largest absolute Gasteiger partial charge is 1.00 e.